The normalized spacial score (nSPS) is 10.3. The molecule has 0 saturated carbocycles. The molecule has 3 nitrogen and oxygen atoms in total. The lowest BCUT2D eigenvalue weighted by Gasteiger charge is -2.12. The summed E-state index contributed by atoms with van der Waals surface area (Å²) in [5.74, 6) is 1.66. The number of benzene rings is 3. The Hall–Kier alpha value is -2.72. The number of hydrogen-bond acceptors (Lipinski definition) is 3. The van der Waals surface area contributed by atoms with E-state index in [0.29, 0.717) is 17.2 Å². The highest BCUT2D eigenvalue weighted by Gasteiger charge is 2.09. The predicted molar refractivity (Wildman–Crippen MR) is 103 cm³/mol. The first-order valence-electron chi connectivity index (χ1n) is 8.02. The van der Waals surface area contributed by atoms with E-state index in [4.69, 9.17) is 4.74 Å². The van der Waals surface area contributed by atoms with E-state index in [1.165, 1.54) is 17.3 Å². The van der Waals surface area contributed by atoms with Gasteiger partial charge >= 0.3 is 0 Å². The number of para-hydroxylation sites is 3. The molecule has 126 valence electrons. The number of carbonyl (C=O) groups is 1. The minimum absolute atomic E-state index is 0.0580. The molecule has 0 unspecified atom stereocenters. The molecule has 0 aliphatic rings. The molecule has 3 aromatic rings. The zero-order valence-corrected chi connectivity index (χ0v) is 14.8. The number of thioether (sulfide) groups is 1. The van der Waals surface area contributed by atoms with Crippen LogP contribution in [0, 0.1) is 6.92 Å². The van der Waals surface area contributed by atoms with Crippen LogP contribution in [0.1, 0.15) is 5.56 Å². The molecule has 1 amide bonds. The molecular weight excluding hydrogens is 330 g/mol. The van der Waals surface area contributed by atoms with Crippen LogP contribution in [-0.2, 0) is 4.79 Å². The second-order valence-corrected chi connectivity index (χ2v) is 6.53. The molecule has 4 heteroatoms. The summed E-state index contributed by atoms with van der Waals surface area (Å²) in [4.78, 5) is 13.4. The second kappa shape index (κ2) is 8.40. The lowest BCUT2D eigenvalue weighted by atomic mass is 10.2. The highest BCUT2D eigenvalue weighted by molar-refractivity contribution is 8.00. The van der Waals surface area contributed by atoms with Gasteiger partial charge in [0.25, 0.3) is 0 Å². The summed E-state index contributed by atoms with van der Waals surface area (Å²) in [6, 6.07) is 25.0. The largest absolute Gasteiger partial charge is 0.455 e. The maximum absolute atomic E-state index is 12.3. The van der Waals surface area contributed by atoms with Crippen molar-refractivity contribution in [2.45, 2.75) is 11.8 Å². The van der Waals surface area contributed by atoms with Gasteiger partial charge in [-0.05, 0) is 42.8 Å². The first-order valence-corrected chi connectivity index (χ1v) is 9.01. The minimum atomic E-state index is -0.0580. The number of ether oxygens (including phenoxy) is 1. The molecule has 1 N–H and O–H groups in total. The fourth-order valence-corrected chi connectivity index (χ4v) is 3.15. The van der Waals surface area contributed by atoms with Crippen LogP contribution in [-0.4, -0.2) is 11.7 Å². The highest BCUT2D eigenvalue weighted by atomic mass is 32.2. The number of anilines is 1. The Bertz CT molecular complexity index is 849. The Morgan fingerprint density at radius 2 is 1.60 bits per heavy atom. The van der Waals surface area contributed by atoms with E-state index in [9.17, 15) is 4.79 Å². The van der Waals surface area contributed by atoms with Crippen LogP contribution in [0.5, 0.6) is 11.5 Å². The fourth-order valence-electron chi connectivity index (χ4n) is 2.32. The third-order valence-electron chi connectivity index (χ3n) is 3.58. The minimum Gasteiger partial charge on any atom is -0.455 e. The smallest absolute Gasteiger partial charge is 0.234 e. The van der Waals surface area contributed by atoms with Crippen LogP contribution in [0.15, 0.2) is 83.8 Å². The van der Waals surface area contributed by atoms with Gasteiger partial charge in [-0.15, -0.1) is 11.8 Å². The summed E-state index contributed by atoms with van der Waals surface area (Å²) in [7, 11) is 0. The van der Waals surface area contributed by atoms with Crippen molar-refractivity contribution in [2.75, 3.05) is 11.1 Å². The van der Waals surface area contributed by atoms with Gasteiger partial charge in [-0.1, -0.05) is 48.5 Å². The number of hydrogen-bond donors (Lipinski definition) is 1. The molecule has 0 radical (unpaired) electrons. The molecule has 3 rings (SSSR count). The molecular formula is C21H19NO2S. The van der Waals surface area contributed by atoms with Gasteiger partial charge in [0.1, 0.15) is 5.75 Å². The first kappa shape index (κ1) is 17.1. The molecule has 3 aromatic carbocycles. The molecule has 0 aliphatic carbocycles. The molecule has 0 bridgehead atoms. The van der Waals surface area contributed by atoms with Gasteiger partial charge in [-0.25, -0.2) is 0 Å². The van der Waals surface area contributed by atoms with Crippen LogP contribution >= 0.6 is 11.8 Å². The zero-order chi connectivity index (χ0) is 17.5. The van der Waals surface area contributed by atoms with E-state index >= 15 is 0 Å². The Balaban J connectivity index is 1.64. The van der Waals surface area contributed by atoms with Gasteiger partial charge in [-0.3, -0.25) is 4.79 Å². The van der Waals surface area contributed by atoms with E-state index in [1.54, 1.807) is 0 Å². The molecule has 0 atom stereocenters. The zero-order valence-electron chi connectivity index (χ0n) is 13.9. The van der Waals surface area contributed by atoms with Gasteiger partial charge in [0, 0.05) is 4.90 Å². The van der Waals surface area contributed by atoms with Crippen LogP contribution in [0.25, 0.3) is 0 Å². The number of nitrogens with one attached hydrogen (secondary N) is 1. The molecule has 0 heterocycles. The van der Waals surface area contributed by atoms with Crippen molar-refractivity contribution in [3.63, 3.8) is 0 Å². The fraction of sp³-hybridized carbons (Fsp3) is 0.0952. The summed E-state index contributed by atoms with van der Waals surface area (Å²) in [6.45, 7) is 2.04. The third-order valence-corrected chi connectivity index (χ3v) is 4.76. The Morgan fingerprint density at radius 1 is 0.920 bits per heavy atom. The number of rotatable bonds is 6. The lowest BCUT2D eigenvalue weighted by Crippen LogP contribution is -2.14. The monoisotopic (exact) mass is 349 g/mol. The van der Waals surface area contributed by atoms with E-state index in [2.05, 4.69) is 5.32 Å². The van der Waals surface area contributed by atoms with E-state index < -0.39 is 0 Å². The SMILES string of the molecule is Cc1ccccc1SCC(=O)Nc1ccccc1Oc1ccccc1. The van der Waals surface area contributed by atoms with Crippen molar-refractivity contribution in [1.82, 2.24) is 0 Å². The summed E-state index contributed by atoms with van der Waals surface area (Å²) in [5, 5.41) is 2.94. The third kappa shape index (κ3) is 4.88. The molecule has 0 saturated heterocycles. The Labute approximate surface area is 152 Å². The van der Waals surface area contributed by atoms with Crippen LogP contribution in [0.4, 0.5) is 5.69 Å². The van der Waals surface area contributed by atoms with Gasteiger partial charge in [0.05, 0.1) is 11.4 Å². The molecule has 0 aliphatic heterocycles. The summed E-state index contributed by atoms with van der Waals surface area (Å²) < 4.78 is 5.87. The molecule has 25 heavy (non-hydrogen) atoms. The second-order valence-electron chi connectivity index (χ2n) is 5.51. The van der Waals surface area contributed by atoms with Crippen molar-refractivity contribution in [1.29, 1.82) is 0 Å². The van der Waals surface area contributed by atoms with Crippen molar-refractivity contribution < 1.29 is 9.53 Å². The van der Waals surface area contributed by atoms with E-state index in [0.717, 1.165) is 10.6 Å². The average molecular weight is 349 g/mol. The molecule has 0 spiro atoms. The summed E-state index contributed by atoms with van der Waals surface area (Å²) >= 11 is 1.53. The topological polar surface area (TPSA) is 38.3 Å². The van der Waals surface area contributed by atoms with Gasteiger partial charge in [-0.2, -0.15) is 0 Å². The average Bonchev–Trinajstić information content (AvgIpc) is 2.64. The first-order chi connectivity index (χ1) is 12.2. The molecule has 0 aromatic heterocycles. The quantitative estimate of drug-likeness (QED) is 0.596. The van der Waals surface area contributed by atoms with Crippen LogP contribution in [0.3, 0.4) is 0 Å². The summed E-state index contributed by atoms with van der Waals surface area (Å²) in [6.07, 6.45) is 0. The van der Waals surface area contributed by atoms with Crippen molar-refractivity contribution in [2.24, 2.45) is 0 Å². The number of aryl methyl sites for hydroxylation is 1. The van der Waals surface area contributed by atoms with E-state index in [1.807, 2.05) is 85.8 Å². The van der Waals surface area contributed by atoms with Crippen molar-refractivity contribution in [3.05, 3.63) is 84.4 Å². The standard InChI is InChI=1S/C21H19NO2S/c1-16-9-5-8-14-20(16)25-15-21(23)22-18-12-6-7-13-19(18)24-17-10-3-2-4-11-17/h2-14H,15H2,1H3,(H,22,23). The maximum atomic E-state index is 12.3. The van der Waals surface area contributed by atoms with E-state index in [-0.39, 0.29) is 5.91 Å². The van der Waals surface area contributed by atoms with Crippen molar-refractivity contribution >= 4 is 23.4 Å². The number of carbonyl (C=O) groups excluding carboxylic acids is 1. The van der Waals surface area contributed by atoms with Crippen molar-refractivity contribution in [3.8, 4) is 11.5 Å². The van der Waals surface area contributed by atoms with Crippen LogP contribution < -0.4 is 10.1 Å². The molecule has 0 fully saturated rings. The lowest BCUT2D eigenvalue weighted by molar-refractivity contribution is -0.113. The van der Waals surface area contributed by atoms with Gasteiger partial charge in [0.2, 0.25) is 5.91 Å². The Morgan fingerprint density at radius 3 is 2.40 bits per heavy atom. The summed E-state index contributed by atoms with van der Waals surface area (Å²) in [5.41, 5.74) is 1.84. The number of amides is 1. The van der Waals surface area contributed by atoms with Gasteiger partial charge in [0.15, 0.2) is 5.75 Å². The predicted octanol–water partition coefficient (Wildman–Crippen LogP) is 5.52. The highest BCUT2D eigenvalue weighted by Crippen LogP contribution is 2.29. The van der Waals surface area contributed by atoms with Crippen LogP contribution in [0.2, 0.25) is 0 Å². The maximum Gasteiger partial charge on any atom is 0.234 e. The van der Waals surface area contributed by atoms with Gasteiger partial charge < -0.3 is 10.1 Å². The Kier molecular flexibility index (Phi) is 5.75.